The standard InChI is InChI=1S/C30H24F4/c1-2-3-4-22-12-14-25-24(17-22)19-28(32)26(30(25)34)15-11-21-7-5-20(6-8-21)9-10-23-13-16-27(31)29(33)18-23/h5-8,13,16,18-19,22H,2-4,12,14,17H2,1H3. The van der Waals surface area contributed by atoms with Crippen molar-refractivity contribution < 1.29 is 17.6 Å². The predicted octanol–water partition coefficient (Wildman–Crippen LogP) is 7.34. The highest BCUT2D eigenvalue weighted by Gasteiger charge is 2.24. The average molecular weight is 461 g/mol. The van der Waals surface area contributed by atoms with Gasteiger partial charge in [-0.25, -0.2) is 17.6 Å². The molecule has 0 saturated carbocycles. The van der Waals surface area contributed by atoms with E-state index in [0.29, 0.717) is 34.6 Å². The highest BCUT2D eigenvalue weighted by molar-refractivity contribution is 5.50. The summed E-state index contributed by atoms with van der Waals surface area (Å²) in [5.41, 5.74) is 2.79. The fraction of sp³-hybridized carbons (Fsp3) is 0.267. The van der Waals surface area contributed by atoms with Crippen LogP contribution in [0.3, 0.4) is 0 Å². The molecule has 0 aromatic heterocycles. The SMILES string of the molecule is CCCCC1CCc2c(cc(F)c(C#Cc3ccc(C#Cc4ccc(F)c(F)c4)cc3)c2F)C1. The van der Waals surface area contributed by atoms with Crippen LogP contribution < -0.4 is 0 Å². The van der Waals surface area contributed by atoms with E-state index in [0.717, 1.165) is 49.8 Å². The lowest BCUT2D eigenvalue weighted by Crippen LogP contribution is -2.17. The molecule has 0 spiro atoms. The molecule has 172 valence electrons. The molecule has 1 atom stereocenters. The van der Waals surface area contributed by atoms with Gasteiger partial charge in [-0.05, 0) is 84.8 Å². The molecule has 4 rings (SSSR count). The smallest absolute Gasteiger partial charge is 0.160 e. The number of benzene rings is 3. The van der Waals surface area contributed by atoms with E-state index in [9.17, 15) is 13.2 Å². The van der Waals surface area contributed by atoms with Crippen LogP contribution in [0.5, 0.6) is 0 Å². The van der Waals surface area contributed by atoms with Gasteiger partial charge in [0.15, 0.2) is 11.6 Å². The van der Waals surface area contributed by atoms with Gasteiger partial charge in [0.25, 0.3) is 0 Å². The Morgan fingerprint density at radius 2 is 1.41 bits per heavy atom. The van der Waals surface area contributed by atoms with Gasteiger partial charge in [-0.1, -0.05) is 49.9 Å². The fourth-order valence-electron chi connectivity index (χ4n) is 4.27. The third-order valence-corrected chi connectivity index (χ3v) is 6.18. The molecule has 4 heteroatoms. The highest BCUT2D eigenvalue weighted by Crippen LogP contribution is 2.32. The molecule has 0 radical (unpaired) electrons. The minimum Gasteiger partial charge on any atom is -0.206 e. The molecule has 0 N–H and O–H groups in total. The summed E-state index contributed by atoms with van der Waals surface area (Å²) in [6.07, 6.45) is 5.64. The molecule has 1 unspecified atom stereocenters. The van der Waals surface area contributed by atoms with E-state index >= 15 is 4.39 Å². The second-order valence-corrected chi connectivity index (χ2v) is 8.64. The van der Waals surface area contributed by atoms with Crippen LogP contribution in [-0.2, 0) is 12.8 Å². The van der Waals surface area contributed by atoms with Crippen molar-refractivity contribution in [1.29, 1.82) is 0 Å². The number of hydrogen-bond donors (Lipinski definition) is 0. The van der Waals surface area contributed by atoms with Crippen LogP contribution in [-0.4, -0.2) is 0 Å². The Morgan fingerprint density at radius 3 is 2.09 bits per heavy atom. The summed E-state index contributed by atoms with van der Waals surface area (Å²) in [5, 5.41) is 0. The van der Waals surface area contributed by atoms with Crippen molar-refractivity contribution in [2.75, 3.05) is 0 Å². The van der Waals surface area contributed by atoms with Gasteiger partial charge in [-0.2, -0.15) is 0 Å². The number of fused-ring (bicyclic) bond motifs is 1. The molecule has 34 heavy (non-hydrogen) atoms. The molecule has 0 saturated heterocycles. The number of rotatable bonds is 3. The molecule has 0 fully saturated rings. The van der Waals surface area contributed by atoms with Gasteiger partial charge >= 0.3 is 0 Å². The lowest BCUT2D eigenvalue weighted by molar-refractivity contribution is 0.402. The quantitative estimate of drug-likeness (QED) is 0.283. The highest BCUT2D eigenvalue weighted by atomic mass is 19.2. The van der Waals surface area contributed by atoms with E-state index in [1.165, 1.54) is 12.1 Å². The summed E-state index contributed by atoms with van der Waals surface area (Å²) >= 11 is 0. The van der Waals surface area contributed by atoms with Gasteiger partial charge in [0.05, 0.1) is 5.56 Å². The van der Waals surface area contributed by atoms with Crippen molar-refractivity contribution in [2.24, 2.45) is 5.92 Å². The summed E-state index contributed by atoms with van der Waals surface area (Å²) in [6, 6.07) is 11.8. The van der Waals surface area contributed by atoms with Gasteiger partial charge < -0.3 is 0 Å². The first-order chi connectivity index (χ1) is 16.4. The Bertz CT molecular complexity index is 1310. The van der Waals surface area contributed by atoms with Gasteiger partial charge in [0, 0.05) is 16.7 Å². The fourth-order valence-corrected chi connectivity index (χ4v) is 4.27. The molecular formula is C30H24F4. The van der Waals surface area contributed by atoms with E-state index in [2.05, 4.69) is 30.6 Å². The van der Waals surface area contributed by atoms with Crippen LogP contribution in [0.4, 0.5) is 17.6 Å². The van der Waals surface area contributed by atoms with E-state index in [4.69, 9.17) is 0 Å². The number of halogens is 4. The second kappa shape index (κ2) is 10.6. The zero-order chi connectivity index (χ0) is 24.1. The molecule has 1 aliphatic rings. The van der Waals surface area contributed by atoms with E-state index < -0.39 is 23.3 Å². The average Bonchev–Trinajstić information content (AvgIpc) is 2.84. The third kappa shape index (κ3) is 5.52. The lowest BCUT2D eigenvalue weighted by atomic mass is 9.80. The minimum absolute atomic E-state index is 0.187. The zero-order valence-corrected chi connectivity index (χ0v) is 19.0. The van der Waals surface area contributed by atoms with Crippen LogP contribution in [0, 0.1) is 52.9 Å². The lowest BCUT2D eigenvalue weighted by Gasteiger charge is -2.25. The van der Waals surface area contributed by atoms with Crippen molar-refractivity contribution in [2.45, 2.75) is 45.4 Å². The first-order valence-corrected chi connectivity index (χ1v) is 11.5. The second-order valence-electron chi connectivity index (χ2n) is 8.64. The van der Waals surface area contributed by atoms with Crippen LogP contribution in [0.1, 0.15) is 66.0 Å². The molecule has 3 aromatic rings. The summed E-state index contributed by atoms with van der Waals surface area (Å²) in [6.45, 7) is 2.15. The van der Waals surface area contributed by atoms with Crippen LogP contribution in [0.2, 0.25) is 0 Å². The minimum atomic E-state index is -0.949. The van der Waals surface area contributed by atoms with Gasteiger partial charge in [-0.3, -0.25) is 0 Å². The van der Waals surface area contributed by atoms with E-state index in [-0.39, 0.29) is 5.56 Å². The third-order valence-electron chi connectivity index (χ3n) is 6.18. The normalized spacial score (nSPS) is 14.4. The first kappa shape index (κ1) is 23.7. The Labute approximate surface area is 198 Å². The summed E-state index contributed by atoms with van der Waals surface area (Å²) in [7, 11) is 0. The number of unbranched alkanes of at least 4 members (excludes halogenated alkanes) is 1. The Balaban J connectivity index is 1.50. The maximum atomic E-state index is 15.1. The molecule has 0 heterocycles. The van der Waals surface area contributed by atoms with Gasteiger partial charge in [0.1, 0.15) is 11.6 Å². The predicted molar refractivity (Wildman–Crippen MR) is 126 cm³/mol. The van der Waals surface area contributed by atoms with Crippen molar-refractivity contribution in [3.63, 3.8) is 0 Å². The van der Waals surface area contributed by atoms with Crippen LogP contribution in [0.25, 0.3) is 0 Å². The van der Waals surface area contributed by atoms with Gasteiger partial charge in [0.2, 0.25) is 0 Å². The number of hydrogen-bond acceptors (Lipinski definition) is 0. The molecule has 0 amide bonds. The summed E-state index contributed by atoms with van der Waals surface area (Å²) in [4.78, 5) is 0. The Kier molecular flexibility index (Phi) is 7.39. The van der Waals surface area contributed by atoms with Crippen molar-refractivity contribution in [1.82, 2.24) is 0 Å². The Hall–Kier alpha value is -3.50. The van der Waals surface area contributed by atoms with Crippen molar-refractivity contribution >= 4 is 0 Å². The zero-order valence-electron chi connectivity index (χ0n) is 19.0. The summed E-state index contributed by atoms with van der Waals surface area (Å²) < 4.78 is 56.0. The van der Waals surface area contributed by atoms with Crippen LogP contribution in [0.15, 0.2) is 48.5 Å². The van der Waals surface area contributed by atoms with Crippen molar-refractivity contribution in [3.8, 4) is 23.7 Å². The van der Waals surface area contributed by atoms with Crippen molar-refractivity contribution in [3.05, 3.63) is 105 Å². The molecular weight excluding hydrogens is 436 g/mol. The largest absolute Gasteiger partial charge is 0.206 e. The maximum absolute atomic E-state index is 15.1. The topological polar surface area (TPSA) is 0 Å². The van der Waals surface area contributed by atoms with E-state index in [1.807, 2.05) is 0 Å². The molecule has 0 aliphatic heterocycles. The van der Waals surface area contributed by atoms with Crippen LogP contribution >= 0.6 is 0 Å². The summed E-state index contributed by atoms with van der Waals surface area (Å²) in [5.74, 6) is 8.61. The molecule has 0 nitrogen and oxygen atoms in total. The molecule has 1 aliphatic carbocycles. The van der Waals surface area contributed by atoms with E-state index in [1.54, 1.807) is 24.3 Å². The molecule has 3 aromatic carbocycles. The Morgan fingerprint density at radius 1 is 0.765 bits per heavy atom. The van der Waals surface area contributed by atoms with Gasteiger partial charge in [-0.15, -0.1) is 0 Å². The molecule has 0 bridgehead atoms. The first-order valence-electron chi connectivity index (χ1n) is 11.5. The maximum Gasteiger partial charge on any atom is 0.160 e. The monoisotopic (exact) mass is 460 g/mol.